The molecular weight excluding hydrogens is 365 g/mol. The molecule has 3 nitrogen and oxygen atoms in total. The first-order chi connectivity index (χ1) is 11.7. The SMILES string of the molecule is C[C@H](O)[C@H]1COC(c2ccccc2[Se]C/C=C/c2ccccc2)=N1. The zero-order chi connectivity index (χ0) is 16.8. The second kappa shape index (κ2) is 8.29. The van der Waals surface area contributed by atoms with Crippen LogP contribution in [0.2, 0.25) is 5.32 Å². The van der Waals surface area contributed by atoms with Gasteiger partial charge in [0.15, 0.2) is 0 Å². The van der Waals surface area contributed by atoms with Crippen molar-refractivity contribution in [1.29, 1.82) is 0 Å². The molecule has 2 aromatic rings. The van der Waals surface area contributed by atoms with Crippen LogP contribution < -0.4 is 4.46 Å². The van der Waals surface area contributed by atoms with E-state index in [1.807, 2.05) is 24.3 Å². The third-order valence-corrected chi connectivity index (χ3v) is 5.95. The summed E-state index contributed by atoms with van der Waals surface area (Å²) in [5.41, 5.74) is 2.29. The fourth-order valence-corrected chi connectivity index (χ4v) is 4.24. The molecule has 1 heterocycles. The molecule has 24 heavy (non-hydrogen) atoms. The van der Waals surface area contributed by atoms with Gasteiger partial charge in [0.05, 0.1) is 0 Å². The van der Waals surface area contributed by atoms with Crippen molar-refractivity contribution in [3.05, 3.63) is 71.8 Å². The molecule has 0 spiro atoms. The molecule has 2 atom stereocenters. The number of benzene rings is 2. The van der Waals surface area contributed by atoms with Crippen molar-refractivity contribution >= 4 is 31.4 Å². The van der Waals surface area contributed by atoms with E-state index in [1.165, 1.54) is 10.0 Å². The first kappa shape index (κ1) is 17.0. The van der Waals surface area contributed by atoms with Crippen molar-refractivity contribution in [3.63, 3.8) is 0 Å². The predicted octanol–water partition coefficient (Wildman–Crippen LogP) is 2.67. The van der Waals surface area contributed by atoms with Gasteiger partial charge < -0.3 is 0 Å². The molecule has 0 saturated heterocycles. The van der Waals surface area contributed by atoms with Gasteiger partial charge in [-0.1, -0.05) is 0 Å². The average molecular weight is 386 g/mol. The fraction of sp³-hybridized carbons (Fsp3) is 0.250. The molecule has 1 aliphatic rings. The molecule has 0 unspecified atom stereocenters. The van der Waals surface area contributed by atoms with Gasteiger partial charge in [-0.2, -0.15) is 0 Å². The molecule has 0 bridgehead atoms. The predicted molar refractivity (Wildman–Crippen MR) is 100 cm³/mol. The summed E-state index contributed by atoms with van der Waals surface area (Å²) < 4.78 is 7.00. The van der Waals surface area contributed by atoms with Crippen molar-refractivity contribution in [2.75, 3.05) is 6.61 Å². The van der Waals surface area contributed by atoms with Crippen LogP contribution in [0.4, 0.5) is 0 Å². The summed E-state index contributed by atoms with van der Waals surface area (Å²) in [5, 5.41) is 10.7. The van der Waals surface area contributed by atoms with Crippen molar-refractivity contribution in [3.8, 4) is 0 Å². The number of aliphatic hydroxyl groups excluding tert-OH is 1. The molecule has 1 N–H and O–H groups in total. The minimum atomic E-state index is -0.478. The normalized spacial score (nSPS) is 18.4. The monoisotopic (exact) mass is 387 g/mol. The minimum absolute atomic E-state index is 0.154. The quantitative estimate of drug-likeness (QED) is 0.776. The molecule has 0 aliphatic carbocycles. The topological polar surface area (TPSA) is 41.8 Å². The van der Waals surface area contributed by atoms with E-state index in [2.05, 4.69) is 47.5 Å². The molecule has 0 radical (unpaired) electrons. The second-order valence-corrected chi connectivity index (χ2v) is 7.90. The molecule has 0 fully saturated rings. The number of rotatable bonds is 6. The van der Waals surface area contributed by atoms with Crippen LogP contribution in [0.25, 0.3) is 6.08 Å². The Labute approximate surface area is 149 Å². The average Bonchev–Trinajstić information content (AvgIpc) is 3.10. The Balaban J connectivity index is 1.67. The van der Waals surface area contributed by atoms with Crippen LogP contribution in [-0.4, -0.2) is 44.7 Å². The molecule has 2 aromatic carbocycles. The summed E-state index contributed by atoms with van der Waals surface area (Å²) in [6.07, 6.45) is 3.91. The van der Waals surface area contributed by atoms with E-state index < -0.39 is 6.10 Å². The molecule has 0 aromatic heterocycles. The van der Waals surface area contributed by atoms with Crippen molar-refractivity contribution < 1.29 is 9.84 Å². The summed E-state index contributed by atoms with van der Waals surface area (Å²) in [6, 6.07) is 18.5. The Morgan fingerprint density at radius 3 is 2.71 bits per heavy atom. The summed E-state index contributed by atoms with van der Waals surface area (Å²) in [6.45, 7) is 2.22. The standard InChI is InChI=1S/C20H21NO2Se/c1-15(22)18-14-23-20(21-18)17-11-5-6-12-19(17)24-13-7-10-16-8-3-2-4-9-16/h2-12,15,18,22H,13-14H2,1H3/b10-7+/t15-,18+/m0/s1. The summed E-state index contributed by atoms with van der Waals surface area (Å²) in [5.74, 6) is 0.672. The molecule has 0 amide bonds. The van der Waals surface area contributed by atoms with Gasteiger partial charge in [0, 0.05) is 0 Å². The van der Waals surface area contributed by atoms with Gasteiger partial charge in [0.1, 0.15) is 0 Å². The summed E-state index contributed by atoms with van der Waals surface area (Å²) >= 11 is 0.316. The second-order valence-electron chi connectivity index (χ2n) is 5.67. The maximum absolute atomic E-state index is 9.68. The molecular formula is C20H21NO2Se. The van der Waals surface area contributed by atoms with Gasteiger partial charge in [-0.3, -0.25) is 0 Å². The van der Waals surface area contributed by atoms with E-state index in [0.29, 0.717) is 27.5 Å². The Morgan fingerprint density at radius 1 is 1.21 bits per heavy atom. The number of aliphatic hydroxyl groups is 1. The Morgan fingerprint density at radius 2 is 1.96 bits per heavy atom. The number of aliphatic imine (C=N–C) groups is 1. The van der Waals surface area contributed by atoms with Crippen molar-refractivity contribution in [2.45, 2.75) is 24.4 Å². The first-order valence-corrected chi connectivity index (χ1v) is 10.1. The fourth-order valence-electron chi connectivity index (χ4n) is 2.44. The van der Waals surface area contributed by atoms with Crippen molar-refractivity contribution in [1.82, 2.24) is 0 Å². The Hall–Kier alpha value is -1.87. The van der Waals surface area contributed by atoms with Gasteiger partial charge in [0.25, 0.3) is 0 Å². The summed E-state index contributed by atoms with van der Waals surface area (Å²) in [4.78, 5) is 4.53. The van der Waals surface area contributed by atoms with Gasteiger partial charge >= 0.3 is 149 Å². The van der Waals surface area contributed by atoms with Gasteiger partial charge in [-0.15, -0.1) is 0 Å². The number of hydrogen-bond donors (Lipinski definition) is 1. The number of nitrogens with zero attached hydrogens (tertiary/aromatic N) is 1. The molecule has 4 heteroatoms. The Bertz CT molecular complexity index is 725. The number of hydrogen-bond acceptors (Lipinski definition) is 3. The van der Waals surface area contributed by atoms with Crippen LogP contribution in [0, 0.1) is 0 Å². The van der Waals surface area contributed by atoms with E-state index in [1.54, 1.807) is 6.92 Å². The van der Waals surface area contributed by atoms with Crippen LogP contribution >= 0.6 is 0 Å². The van der Waals surface area contributed by atoms with Gasteiger partial charge in [-0.25, -0.2) is 0 Å². The van der Waals surface area contributed by atoms with E-state index in [9.17, 15) is 5.11 Å². The van der Waals surface area contributed by atoms with Crippen LogP contribution in [-0.2, 0) is 4.74 Å². The van der Waals surface area contributed by atoms with Gasteiger partial charge in [0.2, 0.25) is 0 Å². The Kier molecular flexibility index (Phi) is 5.86. The van der Waals surface area contributed by atoms with Crippen LogP contribution in [0.15, 0.2) is 65.7 Å². The zero-order valence-corrected chi connectivity index (χ0v) is 15.3. The molecule has 1 aliphatic heterocycles. The van der Waals surface area contributed by atoms with E-state index in [0.717, 1.165) is 10.9 Å². The molecule has 124 valence electrons. The number of ether oxygens (including phenoxy) is 1. The number of allylic oxidation sites excluding steroid dienone is 1. The van der Waals surface area contributed by atoms with Crippen LogP contribution in [0.1, 0.15) is 18.1 Å². The third kappa shape index (κ3) is 4.35. The van der Waals surface area contributed by atoms with Crippen molar-refractivity contribution in [2.24, 2.45) is 4.99 Å². The molecule has 0 saturated carbocycles. The maximum atomic E-state index is 9.68. The van der Waals surface area contributed by atoms with E-state index in [-0.39, 0.29) is 6.04 Å². The third-order valence-electron chi connectivity index (χ3n) is 3.79. The van der Waals surface area contributed by atoms with E-state index in [4.69, 9.17) is 4.74 Å². The zero-order valence-electron chi connectivity index (χ0n) is 13.6. The first-order valence-electron chi connectivity index (χ1n) is 8.06. The van der Waals surface area contributed by atoms with Crippen LogP contribution in [0.5, 0.6) is 0 Å². The van der Waals surface area contributed by atoms with Gasteiger partial charge in [-0.05, 0) is 0 Å². The molecule has 3 rings (SSSR count). The summed E-state index contributed by atoms with van der Waals surface area (Å²) in [7, 11) is 0. The van der Waals surface area contributed by atoms with Crippen LogP contribution in [0.3, 0.4) is 0 Å². The van der Waals surface area contributed by atoms with E-state index >= 15 is 0 Å².